The van der Waals surface area contributed by atoms with Gasteiger partial charge in [0.25, 0.3) is 0 Å². The second-order valence-electron chi connectivity index (χ2n) is 4.30. The first-order valence-corrected chi connectivity index (χ1v) is 6.87. The van der Waals surface area contributed by atoms with Gasteiger partial charge >= 0.3 is 6.09 Å². The number of nitrogens with two attached hydrogens (primary N) is 1. The summed E-state index contributed by atoms with van der Waals surface area (Å²) < 4.78 is 5.05. The van der Waals surface area contributed by atoms with Crippen LogP contribution in [0.5, 0.6) is 0 Å². The first-order valence-electron chi connectivity index (χ1n) is 6.49. The summed E-state index contributed by atoms with van der Waals surface area (Å²) in [6.07, 6.45) is 0.914. The van der Waals surface area contributed by atoms with Crippen LogP contribution in [-0.2, 0) is 11.3 Å². The lowest BCUT2D eigenvalue weighted by atomic mass is 10.2. The Morgan fingerprint density at radius 3 is 2.91 bits per heavy atom. The van der Waals surface area contributed by atoms with Crippen LogP contribution in [0, 0.1) is 11.8 Å². The molecular weight excluding hydrogens is 302 g/mol. The zero-order valence-electron chi connectivity index (χ0n) is 11.7. The fourth-order valence-corrected chi connectivity index (χ4v) is 1.74. The fourth-order valence-electron chi connectivity index (χ4n) is 1.58. The van der Waals surface area contributed by atoms with Crippen molar-refractivity contribution in [1.82, 2.24) is 10.3 Å². The van der Waals surface area contributed by atoms with Crippen LogP contribution in [0.15, 0.2) is 42.6 Å². The minimum atomic E-state index is -0.532. The number of benzene rings is 1. The third-order valence-electron chi connectivity index (χ3n) is 2.64. The van der Waals surface area contributed by atoms with Crippen molar-refractivity contribution in [3.05, 3.63) is 58.7 Å². The lowest BCUT2D eigenvalue weighted by Crippen LogP contribution is -2.24. The molecule has 2 aromatic rings. The Bertz CT molecular complexity index is 708. The molecule has 0 radical (unpaired) electrons. The number of alkyl carbamates (subject to hydrolysis) is 1. The van der Waals surface area contributed by atoms with Crippen LogP contribution in [0.3, 0.4) is 0 Å². The molecule has 1 heterocycles. The van der Waals surface area contributed by atoms with Gasteiger partial charge in [0, 0.05) is 6.20 Å². The van der Waals surface area contributed by atoms with Crippen molar-refractivity contribution in [3.8, 4) is 11.8 Å². The minimum Gasteiger partial charge on any atom is -0.445 e. The van der Waals surface area contributed by atoms with E-state index in [1.807, 2.05) is 30.3 Å². The summed E-state index contributed by atoms with van der Waals surface area (Å²) in [4.78, 5) is 15.4. The van der Waals surface area contributed by atoms with E-state index in [-0.39, 0.29) is 13.2 Å². The number of carbonyl (C=O) groups is 1. The molecular formula is C16H14ClN3O2. The Labute approximate surface area is 133 Å². The molecule has 0 spiro atoms. The van der Waals surface area contributed by atoms with Crippen LogP contribution in [0.25, 0.3) is 0 Å². The topological polar surface area (TPSA) is 77.2 Å². The molecule has 22 heavy (non-hydrogen) atoms. The Kier molecular flexibility index (Phi) is 5.64. The molecule has 0 bridgehead atoms. The van der Waals surface area contributed by atoms with Crippen molar-refractivity contribution < 1.29 is 9.53 Å². The van der Waals surface area contributed by atoms with E-state index in [4.69, 9.17) is 22.1 Å². The van der Waals surface area contributed by atoms with Gasteiger partial charge in [0.15, 0.2) is 0 Å². The lowest BCUT2D eigenvalue weighted by molar-refractivity contribution is 0.141. The number of rotatable bonds is 3. The van der Waals surface area contributed by atoms with Crippen LogP contribution < -0.4 is 11.1 Å². The van der Waals surface area contributed by atoms with Gasteiger partial charge in [-0.3, -0.25) is 0 Å². The predicted octanol–water partition coefficient (Wildman–Crippen LogP) is 2.60. The summed E-state index contributed by atoms with van der Waals surface area (Å²) in [5.41, 5.74) is 7.10. The number of pyridine rings is 1. The summed E-state index contributed by atoms with van der Waals surface area (Å²) in [5.74, 6) is 5.84. The number of aromatic nitrogens is 1. The molecule has 0 saturated carbocycles. The van der Waals surface area contributed by atoms with Crippen molar-refractivity contribution in [2.45, 2.75) is 6.61 Å². The Balaban J connectivity index is 1.78. The highest BCUT2D eigenvalue weighted by Crippen LogP contribution is 2.13. The van der Waals surface area contributed by atoms with Crippen molar-refractivity contribution >= 4 is 23.5 Å². The van der Waals surface area contributed by atoms with Gasteiger partial charge in [-0.05, 0) is 11.6 Å². The molecule has 5 nitrogen and oxygen atoms in total. The lowest BCUT2D eigenvalue weighted by Gasteiger charge is -2.04. The first kappa shape index (κ1) is 15.7. The summed E-state index contributed by atoms with van der Waals surface area (Å²) in [5, 5.41) is 2.98. The van der Waals surface area contributed by atoms with Gasteiger partial charge in [-0.25, -0.2) is 9.78 Å². The number of carbonyl (C=O) groups excluding carboxylic acids is 1. The molecule has 0 fully saturated rings. The monoisotopic (exact) mass is 315 g/mol. The van der Waals surface area contributed by atoms with Crippen molar-refractivity contribution in [2.75, 3.05) is 12.3 Å². The van der Waals surface area contributed by atoms with Gasteiger partial charge in [0.1, 0.15) is 12.4 Å². The second-order valence-corrected chi connectivity index (χ2v) is 4.74. The average Bonchev–Trinajstić information content (AvgIpc) is 2.53. The molecule has 112 valence electrons. The van der Waals surface area contributed by atoms with Gasteiger partial charge < -0.3 is 15.8 Å². The number of hydrogen-bond donors (Lipinski definition) is 2. The maximum atomic E-state index is 11.5. The van der Waals surface area contributed by atoms with E-state index in [1.54, 1.807) is 6.07 Å². The number of nitrogens with zero attached hydrogens (tertiary/aromatic N) is 1. The Hall–Kier alpha value is -2.71. The van der Waals surface area contributed by atoms with Crippen LogP contribution in [0.4, 0.5) is 10.6 Å². The van der Waals surface area contributed by atoms with Crippen LogP contribution in [0.1, 0.15) is 11.1 Å². The zero-order chi connectivity index (χ0) is 15.8. The van der Waals surface area contributed by atoms with E-state index in [1.165, 1.54) is 6.20 Å². The molecule has 0 atom stereocenters. The number of nitrogens with one attached hydrogen (secondary N) is 1. The van der Waals surface area contributed by atoms with E-state index >= 15 is 0 Å². The molecule has 1 aromatic carbocycles. The third kappa shape index (κ3) is 5.00. The van der Waals surface area contributed by atoms with E-state index in [9.17, 15) is 4.79 Å². The van der Waals surface area contributed by atoms with Crippen LogP contribution in [-0.4, -0.2) is 17.6 Å². The molecule has 0 aliphatic carbocycles. The molecule has 0 unspecified atom stereocenters. The second kappa shape index (κ2) is 7.91. The Morgan fingerprint density at radius 1 is 1.36 bits per heavy atom. The van der Waals surface area contributed by atoms with Gasteiger partial charge in [-0.1, -0.05) is 53.8 Å². The summed E-state index contributed by atoms with van der Waals surface area (Å²) in [7, 11) is 0. The molecule has 1 aromatic heterocycles. The van der Waals surface area contributed by atoms with Crippen molar-refractivity contribution in [1.29, 1.82) is 0 Å². The van der Waals surface area contributed by atoms with E-state index in [2.05, 4.69) is 22.1 Å². The van der Waals surface area contributed by atoms with Gasteiger partial charge in [0.2, 0.25) is 0 Å². The van der Waals surface area contributed by atoms with Gasteiger partial charge in [0.05, 0.1) is 17.1 Å². The quantitative estimate of drug-likeness (QED) is 0.853. The number of ether oxygens (including phenoxy) is 1. The van der Waals surface area contributed by atoms with E-state index in [0.717, 1.165) is 5.56 Å². The third-order valence-corrected chi connectivity index (χ3v) is 2.85. The molecule has 1 amide bonds. The summed E-state index contributed by atoms with van der Waals surface area (Å²) >= 11 is 5.80. The van der Waals surface area contributed by atoms with Crippen LogP contribution in [0.2, 0.25) is 5.02 Å². The number of hydrogen-bond acceptors (Lipinski definition) is 4. The summed E-state index contributed by atoms with van der Waals surface area (Å²) in [6.45, 7) is 0.352. The SMILES string of the molecule is Nc1ncc(Cl)cc1C#CCNC(=O)OCc1ccccc1. The summed E-state index contributed by atoms with van der Waals surface area (Å²) in [6, 6.07) is 11.0. The van der Waals surface area contributed by atoms with E-state index in [0.29, 0.717) is 16.4 Å². The van der Waals surface area contributed by atoms with Crippen LogP contribution >= 0.6 is 11.6 Å². The predicted molar refractivity (Wildman–Crippen MR) is 85.2 cm³/mol. The maximum Gasteiger partial charge on any atom is 0.408 e. The smallest absolute Gasteiger partial charge is 0.408 e. The molecule has 2 rings (SSSR count). The van der Waals surface area contributed by atoms with Crippen molar-refractivity contribution in [3.63, 3.8) is 0 Å². The molecule has 0 aliphatic heterocycles. The molecule has 0 aliphatic rings. The van der Waals surface area contributed by atoms with Gasteiger partial charge in [-0.2, -0.15) is 0 Å². The molecule has 0 saturated heterocycles. The minimum absolute atomic E-state index is 0.138. The number of anilines is 1. The van der Waals surface area contributed by atoms with Gasteiger partial charge in [-0.15, -0.1) is 0 Å². The highest BCUT2D eigenvalue weighted by atomic mass is 35.5. The normalized spacial score (nSPS) is 9.50. The highest BCUT2D eigenvalue weighted by Gasteiger charge is 2.01. The van der Waals surface area contributed by atoms with Crippen molar-refractivity contribution in [2.24, 2.45) is 0 Å². The molecule has 3 N–H and O–H groups in total. The Morgan fingerprint density at radius 2 is 2.14 bits per heavy atom. The zero-order valence-corrected chi connectivity index (χ0v) is 12.4. The number of halogens is 1. The average molecular weight is 316 g/mol. The molecule has 6 heteroatoms. The number of amides is 1. The first-order chi connectivity index (χ1) is 10.6. The number of nitrogen functional groups attached to an aromatic ring is 1. The van der Waals surface area contributed by atoms with E-state index < -0.39 is 6.09 Å². The maximum absolute atomic E-state index is 11.5. The fraction of sp³-hybridized carbons (Fsp3) is 0.125. The largest absolute Gasteiger partial charge is 0.445 e. The highest BCUT2D eigenvalue weighted by molar-refractivity contribution is 6.30. The standard InChI is InChI=1S/C16H14ClN3O2/c17-14-9-13(15(18)20-10-14)7-4-8-19-16(21)22-11-12-5-2-1-3-6-12/h1-3,5-6,9-10H,8,11H2,(H2,18,20)(H,19,21).